The van der Waals surface area contributed by atoms with Crippen LogP contribution < -0.4 is 5.32 Å². The summed E-state index contributed by atoms with van der Waals surface area (Å²) in [6.45, 7) is 1.63. The SMILES string of the molecule is COC(=O)[C@@H]1CC(OC)CN1C(=O)[C@H](Cc1ccccc1)N1CCNC2(CC2)C1O. The average Bonchev–Trinajstić information content (AvgIpc) is 3.42. The third-order valence-corrected chi connectivity index (χ3v) is 6.75. The Kier molecular flexibility index (Phi) is 6.11. The normalized spacial score (nSPS) is 29.0. The quantitative estimate of drug-likeness (QED) is 0.637. The maximum absolute atomic E-state index is 13.8. The van der Waals surface area contributed by atoms with Gasteiger partial charge in [-0.15, -0.1) is 0 Å². The summed E-state index contributed by atoms with van der Waals surface area (Å²) in [7, 11) is 2.93. The lowest BCUT2D eigenvalue weighted by Crippen LogP contribution is -2.65. The Morgan fingerprint density at radius 2 is 2.00 bits per heavy atom. The van der Waals surface area contributed by atoms with E-state index in [9.17, 15) is 14.7 Å². The van der Waals surface area contributed by atoms with Crippen LogP contribution in [0.3, 0.4) is 0 Å². The van der Waals surface area contributed by atoms with Gasteiger partial charge in [-0.1, -0.05) is 30.3 Å². The highest BCUT2D eigenvalue weighted by Crippen LogP contribution is 2.42. The van der Waals surface area contributed by atoms with E-state index in [1.165, 1.54) is 7.11 Å². The molecule has 164 valence electrons. The van der Waals surface area contributed by atoms with Gasteiger partial charge in [-0.25, -0.2) is 4.79 Å². The van der Waals surface area contributed by atoms with Crippen molar-refractivity contribution in [3.63, 3.8) is 0 Å². The van der Waals surface area contributed by atoms with E-state index in [0.717, 1.165) is 24.9 Å². The van der Waals surface area contributed by atoms with Crippen molar-refractivity contribution in [3.05, 3.63) is 35.9 Å². The van der Waals surface area contributed by atoms with Crippen LogP contribution >= 0.6 is 0 Å². The van der Waals surface area contributed by atoms with Gasteiger partial charge in [0.15, 0.2) is 0 Å². The summed E-state index contributed by atoms with van der Waals surface area (Å²) in [5.74, 6) is -0.591. The molecular formula is C22H31N3O5. The molecule has 1 aromatic rings. The van der Waals surface area contributed by atoms with Crippen LogP contribution in [0, 0.1) is 0 Å². The lowest BCUT2D eigenvalue weighted by atomic mass is 9.99. The van der Waals surface area contributed by atoms with Gasteiger partial charge < -0.3 is 24.8 Å². The van der Waals surface area contributed by atoms with Crippen LogP contribution in [0.1, 0.15) is 24.8 Å². The molecule has 1 aliphatic carbocycles. The number of hydrogen-bond acceptors (Lipinski definition) is 7. The molecule has 4 atom stereocenters. The van der Waals surface area contributed by atoms with Crippen LogP contribution in [-0.4, -0.2) is 90.6 Å². The topological polar surface area (TPSA) is 91.3 Å². The van der Waals surface area contributed by atoms with E-state index in [0.29, 0.717) is 25.9 Å². The number of likely N-dealkylation sites (tertiary alicyclic amines) is 1. The minimum atomic E-state index is -0.735. The zero-order valence-electron chi connectivity index (χ0n) is 17.6. The number of carbonyl (C=O) groups is 2. The number of esters is 1. The molecule has 0 aromatic heterocycles. The zero-order chi connectivity index (χ0) is 21.3. The molecular weight excluding hydrogens is 386 g/mol. The fraction of sp³-hybridized carbons (Fsp3) is 0.636. The molecule has 2 heterocycles. The maximum atomic E-state index is 13.8. The second kappa shape index (κ2) is 8.63. The Balaban J connectivity index is 1.62. The van der Waals surface area contributed by atoms with Gasteiger partial charge in [-0.3, -0.25) is 9.69 Å². The average molecular weight is 418 g/mol. The molecule has 1 spiro atoms. The number of amides is 1. The second-order valence-electron chi connectivity index (χ2n) is 8.52. The van der Waals surface area contributed by atoms with Gasteiger partial charge in [0.2, 0.25) is 5.91 Å². The first-order valence-electron chi connectivity index (χ1n) is 10.6. The Morgan fingerprint density at radius 1 is 1.27 bits per heavy atom. The van der Waals surface area contributed by atoms with Gasteiger partial charge in [0.25, 0.3) is 0 Å². The van der Waals surface area contributed by atoms with Gasteiger partial charge in [0.05, 0.1) is 24.8 Å². The van der Waals surface area contributed by atoms with E-state index < -0.39 is 24.3 Å². The number of nitrogens with zero attached hydrogens (tertiary/aromatic N) is 2. The zero-order valence-corrected chi connectivity index (χ0v) is 17.6. The first-order valence-corrected chi connectivity index (χ1v) is 10.6. The third kappa shape index (κ3) is 3.97. The molecule has 8 nitrogen and oxygen atoms in total. The smallest absolute Gasteiger partial charge is 0.328 e. The largest absolute Gasteiger partial charge is 0.467 e. The number of rotatable bonds is 6. The summed E-state index contributed by atoms with van der Waals surface area (Å²) in [4.78, 5) is 29.7. The molecule has 0 bridgehead atoms. The number of benzene rings is 1. The molecule has 30 heavy (non-hydrogen) atoms. The Labute approximate surface area is 177 Å². The van der Waals surface area contributed by atoms with Crippen LogP contribution in [0.5, 0.6) is 0 Å². The molecule has 1 saturated carbocycles. The molecule has 2 saturated heterocycles. The van der Waals surface area contributed by atoms with E-state index >= 15 is 0 Å². The highest BCUT2D eigenvalue weighted by molar-refractivity contribution is 5.88. The predicted molar refractivity (Wildman–Crippen MR) is 110 cm³/mol. The molecule has 2 aliphatic heterocycles. The summed E-state index contributed by atoms with van der Waals surface area (Å²) in [5, 5.41) is 14.5. The molecule has 1 amide bonds. The summed E-state index contributed by atoms with van der Waals surface area (Å²) in [6, 6.07) is 8.58. The van der Waals surface area contributed by atoms with Gasteiger partial charge in [0.1, 0.15) is 12.3 Å². The van der Waals surface area contributed by atoms with Crippen LogP contribution in [0.15, 0.2) is 30.3 Å². The van der Waals surface area contributed by atoms with Crippen molar-refractivity contribution >= 4 is 11.9 Å². The van der Waals surface area contributed by atoms with E-state index in [4.69, 9.17) is 9.47 Å². The molecule has 4 rings (SSSR count). The van der Waals surface area contributed by atoms with E-state index in [1.54, 1.807) is 12.0 Å². The van der Waals surface area contributed by atoms with Crippen molar-refractivity contribution in [3.8, 4) is 0 Å². The van der Waals surface area contributed by atoms with Crippen molar-refractivity contribution < 1.29 is 24.2 Å². The van der Waals surface area contributed by atoms with E-state index in [2.05, 4.69) is 5.32 Å². The Bertz CT molecular complexity index is 769. The fourth-order valence-corrected chi connectivity index (χ4v) is 4.81. The molecule has 3 fully saturated rings. The monoisotopic (exact) mass is 417 g/mol. The Morgan fingerprint density at radius 3 is 2.63 bits per heavy atom. The van der Waals surface area contributed by atoms with Gasteiger partial charge >= 0.3 is 5.97 Å². The predicted octanol–water partition coefficient (Wildman–Crippen LogP) is 0.143. The van der Waals surface area contributed by atoms with Crippen molar-refractivity contribution in [2.24, 2.45) is 0 Å². The number of aliphatic hydroxyl groups excluding tert-OH is 1. The molecule has 0 radical (unpaired) electrons. The first kappa shape index (κ1) is 21.2. The number of nitrogens with one attached hydrogen (secondary N) is 1. The lowest BCUT2D eigenvalue weighted by Gasteiger charge is -2.44. The number of carbonyl (C=O) groups excluding carboxylic acids is 2. The summed E-state index contributed by atoms with van der Waals surface area (Å²) in [6.07, 6.45) is 1.74. The third-order valence-electron chi connectivity index (χ3n) is 6.75. The van der Waals surface area contributed by atoms with Crippen molar-refractivity contribution in [1.82, 2.24) is 15.1 Å². The lowest BCUT2D eigenvalue weighted by molar-refractivity contribution is -0.157. The van der Waals surface area contributed by atoms with Gasteiger partial charge in [-0.05, 0) is 24.8 Å². The number of aliphatic hydroxyl groups is 1. The molecule has 3 aliphatic rings. The van der Waals surface area contributed by atoms with Gasteiger partial charge in [-0.2, -0.15) is 0 Å². The van der Waals surface area contributed by atoms with Crippen LogP contribution in [0.25, 0.3) is 0 Å². The standard InChI is InChI=1S/C22H31N3O5/c1-29-16-13-18(20(27)30-2)25(14-16)19(26)17(12-15-6-4-3-5-7-15)24-11-10-23-22(8-9-22)21(24)28/h3-7,16-18,21,23,28H,8-14H2,1-2H3/t16?,17-,18-,21?/m0/s1. The van der Waals surface area contributed by atoms with Gasteiger partial charge in [0, 0.05) is 33.2 Å². The second-order valence-corrected chi connectivity index (χ2v) is 8.52. The maximum Gasteiger partial charge on any atom is 0.328 e. The molecule has 1 aromatic carbocycles. The fourth-order valence-electron chi connectivity index (χ4n) is 4.81. The van der Waals surface area contributed by atoms with E-state index in [-0.39, 0.29) is 17.6 Å². The first-order chi connectivity index (χ1) is 14.5. The van der Waals surface area contributed by atoms with E-state index in [1.807, 2.05) is 35.2 Å². The van der Waals surface area contributed by atoms with Crippen molar-refractivity contribution in [1.29, 1.82) is 0 Å². The summed E-state index contributed by atoms with van der Waals surface area (Å²) < 4.78 is 10.4. The Hall–Kier alpha value is -2.00. The highest BCUT2D eigenvalue weighted by atomic mass is 16.5. The number of methoxy groups -OCH3 is 2. The molecule has 8 heteroatoms. The number of hydrogen-bond donors (Lipinski definition) is 2. The highest BCUT2D eigenvalue weighted by Gasteiger charge is 2.55. The molecule has 2 N–H and O–H groups in total. The minimum absolute atomic E-state index is 0.162. The minimum Gasteiger partial charge on any atom is -0.467 e. The number of piperazine rings is 1. The van der Waals surface area contributed by atoms with Crippen molar-refractivity contribution in [2.75, 3.05) is 33.9 Å². The summed E-state index contributed by atoms with van der Waals surface area (Å²) in [5.41, 5.74) is 0.707. The van der Waals surface area contributed by atoms with Crippen LogP contribution in [0.4, 0.5) is 0 Å². The summed E-state index contributed by atoms with van der Waals surface area (Å²) >= 11 is 0. The van der Waals surface area contributed by atoms with Crippen molar-refractivity contribution in [2.45, 2.75) is 55.6 Å². The molecule has 2 unspecified atom stereocenters. The number of ether oxygens (including phenoxy) is 2. The van der Waals surface area contributed by atoms with Crippen LogP contribution in [-0.2, 0) is 25.5 Å². The van der Waals surface area contributed by atoms with Crippen LogP contribution in [0.2, 0.25) is 0 Å².